The van der Waals surface area contributed by atoms with Crippen LogP contribution >= 0.6 is 11.6 Å². The molecule has 0 aliphatic carbocycles. The van der Waals surface area contributed by atoms with Crippen LogP contribution in [0, 0.1) is 17.8 Å². The van der Waals surface area contributed by atoms with Crippen molar-refractivity contribution in [3.05, 3.63) is 53.6 Å². The summed E-state index contributed by atoms with van der Waals surface area (Å²) in [5, 5.41) is 10.7. The van der Waals surface area contributed by atoms with Crippen LogP contribution in [0.2, 0.25) is 5.02 Å². The van der Waals surface area contributed by atoms with E-state index in [1.165, 1.54) is 4.90 Å². The Hall–Kier alpha value is -2.68. The summed E-state index contributed by atoms with van der Waals surface area (Å²) < 4.78 is 12.2. The first-order valence-corrected chi connectivity index (χ1v) is 13.4. The second kappa shape index (κ2) is 10.2. The van der Waals surface area contributed by atoms with Crippen molar-refractivity contribution < 1.29 is 29.0 Å². The number of allylic oxidation sites excluding steroid dienone is 1. The number of rotatable bonds is 4. The first-order chi connectivity index (χ1) is 17.8. The summed E-state index contributed by atoms with van der Waals surface area (Å²) >= 11 is 6.48. The van der Waals surface area contributed by atoms with Gasteiger partial charge in [-0.1, -0.05) is 61.9 Å². The van der Waals surface area contributed by atoms with E-state index in [4.69, 9.17) is 21.1 Å². The van der Waals surface area contributed by atoms with Gasteiger partial charge in [0.05, 0.1) is 42.0 Å². The number of fused-ring (bicyclic) bond motifs is 2. The molecule has 4 heterocycles. The van der Waals surface area contributed by atoms with E-state index in [-0.39, 0.29) is 37.5 Å². The van der Waals surface area contributed by atoms with E-state index >= 15 is 0 Å². The normalized spacial score (nSPS) is 33.5. The standard InChI is InChI=1S/C28H33ClN2O6/c1-17(2)20(16-32)31-24-26(34)30(19-11-7-6-10-18(19)29)14-9-13-28(24)23(25(31)33)22-21(37-28)12-5-3-4-8-15-36-27(22)35/h5-7,9-13,17,20-24,32H,3-4,8,14-16H2,1-2H3/b12-5-/t20-,21-,22+,23-,24?,28-/m0/s1. The Kier molecular flexibility index (Phi) is 7.18. The molecular weight excluding hydrogens is 496 g/mol. The third kappa shape index (κ3) is 4.19. The Morgan fingerprint density at radius 3 is 2.65 bits per heavy atom. The fraction of sp³-hybridized carbons (Fsp3) is 0.536. The van der Waals surface area contributed by atoms with Gasteiger partial charge in [0, 0.05) is 6.54 Å². The lowest BCUT2D eigenvalue weighted by molar-refractivity contribution is -0.155. The van der Waals surface area contributed by atoms with Crippen molar-refractivity contribution in [1.29, 1.82) is 0 Å². The zero-order valence-corrected chi connectivity index (χ0v) is 21.8. The molecule has 1 aromatic carbocycles. The molecule has 1 unspecified atom stereocenters. The van der Waals surface area contributed by atoms with Crippen LogP contribution in [0.5, 0.6) is 0 Å². The van der Waals surface area contributed by atoms with Crippen molar-refractivity contribution in [1.82, 2.24) is 4.90 Å². The van der Waals surface area contributed by atoms with E-state index in [0.29, 0.717) is 10.7 Å². The van der Waals surface area contributed by atoms with Crippen molar-refractivity contribution in [3.63, 3.8) is 0 Å². The Bertz CT molecular complexity index is 1140. The maximum atomic E-state index is 14.4. The van der Waals surface area contributed by atoms with Crippen LogP contribution in [0.15, 0.2) is 48.6 Å². The summed E-state index contributed by atoms with van der Waals surface area (Å²) in [7, 11) is 0. The number of halogens is 1. The highest BCUT2D eigenvalue weighted by molar-refractivity contribution is 6.34. The molecule has 4 aliphatic rings. The third-order valence-corrected chi connectivity index (χ3v) is 8.32. The minimum Gasteiger partial charge on any atom is -0.465 e. The Labute approximate surface area is 221 Å². The molecule has 9 heteroatoms. The van der Waals surface area contributed by atoms with Gasteiger partial charge < -0.3 is 24.4 Å². The first-order valence-electron chi connectivity index (χ1n) is 13.0. The number of likely N-dealkylation sites (tertiary alicyclic amines) is 1. The fourth-order valence-electron chi connectivity index (χ4n) is 6.22. The van der Waals surface area contributed by atoms with Gasteiger partial charge in [0.1, 0.15) is 17.6 Å². The number of ether oxygens (including phenoxy) is 2. The van der Waals surface area contributed by atoms with Gasteiger partial charge in [-0.2, -0.15) is 0 Å². The van der Waals surface area contributed by atoms with Crippen LogP contribution in [0.4, 0.5) is 5.69 Å². The molecule has 0 aromatic heterocycles. The number of amides is 2. The van der Waals surface area contributed by atoms with Gasteiger partial charge in [-0.25, -0.2) is 0 Å². The smallest absolute Gasteiger partial charge is 0.312 e. The molecule has 2 fully saturated rings. The number of carbonyl (C=O) groups excluding carboxylic acids is 3. The van der Waals surface area contributed by atoms with E-state index in [2.05, 4.69) is 0 Å². The largest absolute Gasteiger partial charge is 0.465 e. The lowest BCUT2D eigenvalue weighted by Gasteiger charge is -2.40. The second-order valence-corrected chi connectivity index (χ2v) is 10.9. The number of aliphatic hydroxyl groups is 1. The van der Waals surface area contributed by atoms with Crippen LogP contribution < -0.4 is 4.90 Å². The van der Waals surface area contributed by atoms with Crippen LogP contribution in [0.3, 0.4) is 0 Å². The van der Waals surface area contributed by atoms with Gasteiger partial charge in [0.25, 0.3) is 5.91 Å². The number of hydrogen-bond donors (Lipinski definition) is 1. The van der Waals surface area contributed by atoms with Crippen LogP contribution in [0.25, 0.3) is 0 Å². The molecule has 6 atom stereocenters. The quantitative estimate of drug-likeness (QED) is 0.476. The molecule has 198 valence electrons. The number of benzene rings is 1. The zero-order valence-electron chi connectivity index (χ0n) is 21.1. The average Bonchev–Trinajstić information content (AvgIpc) is 3.25. The molecule has 0 radical (unpaired) electrons. The van der Waals surface area contributed by atoms with Crippen molar-refractivity contribution in [2.24, 2.45) is 17.8 Å². The topological polar surface area (TPSA) is 96.4 Å². The van der Waals surface area contributed by atoms with Crippen molar-refractivity contribution in [2.45, 2.75) is 56.9 Å². The van der Waals surface area contributed by atoms with Gasteiger partial charge in [-0.3, -0.25) is 14.4 Å². The molecular formula is C28H33ClN2O6. The maximum Gasteiger partial charge on any atom is 0.312 e. The molecule has 4 aliphatic heterocycles. The summed E-state index contributed by atoms with van der Waals surface area (Å²) in [5.74, 6) is -3.25. The summed E-state index contributed by atoms with van der Waals surface area (Å²) in [6.07, 6.45) is 9.10. The fourth-order valence-corrected chi connectivity index (χ4v) is 6.46. The number of cyclic esters (lactones) is 1. The Morgan fingerprint density at radius 2 is 1.92 bits per heavy atom. The van der Waals surface area contributed by atoms with Gasteiger partial charge in [-0.05, 0) is 37.3 Å². The third-order valence-electron chi connectivity index (χ3n) is 8.00. The lowest BCUT2D eigenvalue weighted by atomic mass is 9.78. The SMILES string of the molecule is CC(C)[C@H](CO)N1C(=O)[C@@H]2[C@@H]3C(=O)OCCCC/C=C\[C@@H]3O[C@@]23C=CCN(c2ccccc2Cl)C(=O)C13. The average molecular weight is 529 g/mol. The number of hydrogen-bond acceptors (Lipinski definition) is 6. The zero-order chi connectivity index (χ0) is 26.3. The van der Waals surface area contributed by atoms with Crippen molar-refractivity contribution in [2.75, 3.05) is 24.7 Å². The highest BCUT2D eigenvalue weighted by Gasteiger charge is 2.72. The predicted molar refractivity (Wildman–Crippen MR) is 138 cm³/mol. The van der Waals surface area contributed by atoms with E-state index in [1.807, 2.05) is 26.0 Å². The molecule has 0 bridgehead atoms. The Morgan fingerprint density at radius 1 is 1.14 bits per heavy atom. The number of anilines is 1. The van der Waals surface area contributed by atoms with Gasteiger partial charge >= 0.3 is 5.97 Å². The van der Waals surface area contributed by atoms with Gasteiger partial charge in [0.15, 0.2) is 0 Å². The number of para-hydroxylation sites is 1. The van der Waals surface area contributed by atoms with E-state index < -0.39 is 41.6 Å². The predicted octanol–water partition coefficient (Wildman–Crippen LogP) is 3.12. The number of nitrogens with zero attached hydrogens (tertiary/aromatic N) is 2. The molecule has 2 saturated heterocycles. The monoisotopic (exact) mass is 528 g/mol. The van der Waals surface area contributed by atoms with Crippen molar-refractivity contribution >= 4 is 35.1 Å². The van der Waals surface area contributed by atoms with Crippen LogP contribution in [-0.2, 0) is 23.9 Å². The summed E-state index contributed by atoms with van der Waals surface area (Å²) in [6.45, 7) is 3.95. The Balaban J connectivity index is 1.66. The van der Waals surface area contributed by atoms with E-state index in [1.54, 1.807) is 41.3 Å². The minimum absolute atomic E-state index is 0.148. The maximum absolute atomic E-state index is 14.4. The highest BCUT2D eigenvalue weighted by Crippen LogP contribution is 2.54. The highest BCUT2D eigenvalue weighted by atomic mass is 35.5. The summed E-state index contributed by atoms with van der Waals surface area (Å²) in [6, 6.07) is 5.32. The molecule has 8 nitrogen and oxygen atoms in total. The van der Waals surface area contributed by atoms with E-state index in [9.17, 15) is 19.5 Å². The molecule has 5 rings (SSSR count). The van der Waals surface area contributed by atoms with E-state index in [0.717, 1.165) is 19.3 Å². The number of carbonyl (C=O) groups is 3. The number of esters is 1. The molecule has 1 aromatic rings. The summed E-state index contributed by atoms with van der Waals surface area (Å²) in [5.41, 5.74) is -0.868. The van der Waals surface area contributed by atoms with Crippen LogP contribution in [-0.4, -0.2) is 71.3 Å². The summed E-state index contributed by atoms with van der Waals surface area (Å²) in [4.78, 5) is 45.0. The minimum atomic E-state index is -1.39. The lowest BCUT2D eigenvalue weighted by Crippen LogP contribution is -2.59. The first kappa shape index (κ1) is 25.9. The second-order valence-electron chi connectivity index (χ2n) is 10.5. The van der Waals surface area contributed by atoms with Crippen LogP contribution in [0.1, 0.15) is 33.1 Å². The van der Waals surface area contributed by atoms with Gasteiger partial charge in [0.2, 0.25) is 5.91 Å². The number of aliphatic hydroxyl groups excluding tert-OH is 1. The van der Waals surface area contributed by atoms with Crippen molar-refractivity contribution in [3.8, 4) is 0 Å². The molecule has 37 heavy (non-hydrogen) atoms. The molecule has 0 saturated carbocycles. The molecule has 2 amide bonds. The van der Waals surface area contributed by atoms with Gasteiger partial charge in [-0.15, -0.1) is 0 Å². The molecule has 1 spiro atoms. The molecule has 1 N–H and O–H groups in total.